The minimum Gasteiger partial charge on any atom is -0.481 e. The van der Waals surface area contributed by atoms with Gasteiger partial charge in [0.25, 0.3) is 5.91 Å². The van der Waals surface area contributed by atoms with Crippen LogP contribution in [-0.4, -0.2) is 38.3 Å². The fourth-order valence-electron chi connectivity index (χ4n) is 2.77. The predicted molar refractivity (Wildman–Crippen MR) is 99.4 cm³/mol. The predicted octanol–water partition coefficient (Wildman–Crippen LogP) is 3.24. The smallest absolute Gasteiger partial charge is 0.265 e. The molecular formula is C20H24N2O3. The van der Waals surface area contributed by atoms with Gasteiger partial charge in [-0.3, -0.25) is 4.79 Å². The Kier molecular flexibility index (Phi) is 5.56. The van der Waals surface area contributed by atoms with Gasteiger partial charge < -0.3 is 19.7 Å². The van der Waals surface area contributed by atoms with Gasteiger partial charge in [0, 0.05) is 24.5 Å². The summed E-state index contributed by atoms with van der Waals surface area (Å²) in [5, 5.41) is 2.90. The van der Waals surface area contributed by atoms with Crippen molar-refractivity contribution >= 4 is 17.3 Å². The molecule has 1 atom stereocenters. The van der Waals surface area contributed by atoms with Crippen LogP contribution in [0.2, 0.25) is 0 Å². The second-order valence-corrected chi connectivity index (χ2v) is 6.21. The number of carbonyl (C=O) groups is 1. The molecule has 0 saturated carbocycles. The van der Waals surface area contributed by atoms with Crippen LogP contribution in [0.4, 0.5) is 11.4 Å². The molecule has 1 N–H and O–H groups in total. The van der Waals surface area contributed by atoms with Crippen LogP contribution in [0, 0.1) is 6.92 Å². The highest BCUT2D eigenvalue weighted by Gasteiger charge is 2.16. The lowest BCUT2D eigenvalue weighted by molar-refractivity contribution is -0.122. The van der Waals surface area contributed by atoms with Crippen LogP contribution in [0.1, 0.15) is 12.5 Å². The third-order valence-corrected chi connectivity index (χ3v) is 4.18. The number of nitrogens with one attached hydrogen (secondary N) is 1. The highest BCUT2D eigenvalue weighted by Crippen LogP contribution is 2.20. The molecule has 0 aliphatic carbocycles. The topological polar surface area (TPSA) is 50.8 Å². The molecule has 0 spiro atoms. The SMILES string of the molecule is Cc1cccc(O[C@H](C)C(=O)Nc2ccc(N3CCOCC3)cc2)c1. The average Bonchev–Trinajstić information content (AvgIpc) is 2.63. The number of hydrogen-bond donors (Lipinski definition) is 1. The highest BCUT2D eigenvalue weighted by molar-refractivity contribution is 5.94. The third kappa shape index (κ3) is 4.73. The molecule has 1 saturated heterocycles. The van der Waals surface area contributed by atoms with E-state index in [9.17, 15) is 4.79 Å². The minimum absolute atomic E-state index is 0.166. The number of nitrogens with zero attached hydrogens (tertiary/aromatic N) is 1. The molecule has 1 aliphatic rings. The van der Waals surface area contributed by atoms with Crippen molar-refractivity contribution in [1.29, 1.82) is 0 Å². The summed E-state index contributed by atoms with van der Waals surface area (Å²) in [6, 6.07) is 15.6. The maximum absolute atomic E-state index is 12.3. The third-order valence-electron chi connectivity index (χ3n) is 4.18. The van der Waals surface area contributed by atoms with Crippen molar-refractivity contribution in [2.75, 3.05) is 36.5 Å². The largest absolute Gasteiger partial charge is 0.481 e. The molecule has 1 aliphatic heterocycles. The molecule has 0 bridgehead atoms. The Morgan fingerprint density at radius 2 is 1.88 bits per heavy atom. The van der Waals surface area contributed by atoms with E-state index in [1.165, 1.54) is 0 Å². The van der Waals surface area contributed by atoms with Crippen molar-refractivity contribution in [3.05, 3.63) is 54.1 Å². The summed E-state index contributed by atoms with van der Waals surface area (Å²) < 4.78 is 11.1. The van der Waals surface area contributed by atoms with Crippen molar-refractivity contribution in [2.24, 2.45) is 0 Å². The molecular weight excluding hydrogens is 316 g/mol. The fourth-order valence-corrected chi connectivity index (χ4v) is 2.77. The molecule has 5 nitrogen and oxygen atoms in total. The number of hydrogen-bond acceptors (Lipinski definition) is 4. The normalized spacial score (nSPS) is 15.5. The standard InChI is InChI=1S/C20H24N2O3/c1-15-4-3-5-19(14-15)25-16(2)20(23)21-17-6-8-18(9-7-17)22-10-12-24-13-11-22/h3-9,14,16H,10-13H2,1-2H3,(H,21,23)/t16-/m1/s1. The second-order valence-electron chi connectivity index (χ2n) is 6.21. The van der Waals surface area contributed by atoms with Gasteiger partial charge in [0.15, 0.2) is 6.10 Å². The summed E-state index contributed by atoms with van der Waals surface area (Å²) >= 11 is 0. The van der Waals surface area contributed by atoms with E-state index in [0.29, 0.717) is 5.75 Å². The maximum Gasteiger partial charge on any atom is 0.265 e. The van der Waals surface area contributed by atoms with Gasteiger partial charge in [0.05, 0.1) is 13.2 Å². The number of benzene rings is 2. The van der Waals surface area contributed by atoms with E-state index in [-0.39, 0.29) is 5.91 Å². The van der Waals surface area contributed by atoms with Gasteiger partial charge in [0.2, 0.25) is 0 Å². The van der Waals surface area contributed by atoms with E-state index in [4.69, 9.17) is 9.47 Å². The van der Waals surface area contributed by atoms with Gasteiger partial charge >= 0.3 is 0 Å². The van der Waals surface area contributed by atoms with Gasteiger partial charge in [-0.15, -0.1) is 0 Å². The van der Waals surface area contributed by atoms with Gasteiger partial charge in [-0.1, -0.05) is 12.1 Å². The molecule has 0 aromatic heterocycles. The summed E-state index contributed by atoms with van der Waals surface area (Å²) in [6.07, 6.45) is -0.569. The zero-order valence-electron chi connectivity index (χ0n) is 14.7. The van der Waals surface area contributed by atoms with Crippen LogP contribution < -0.4 is 15.0 Å². The Balaban J connectivity index is 1.56. The van der Waals surface area contributed by atoms with E-state index >= 15 is 0 Å². The lowest BCUT2D eigenvalue weighted by Crippen LogP contribution is -2.36. The van der Waals surface area contributed by atoms with E-state index in [1.54, 1.807) is 6.92 Å². The summed E-state index contributed by atoms with van der Waals surface area (Å²) in [5.41, 5.74) is 3.01. The van der Waals surface area contributed by atoms with Crippen molar-refractivity contribution < 1.29 is 14.3 Å². The zero-order valence-corrected chi connectivity index (χ0v) is 14.7. The molecule has 1 amide bonds. The first-order chi connectivity index (χ1) is 12.1. The Morgan fingerprint density at radius 3 is 2.56 bits per heavy atom. The monoisotopic (exact) mass is 340 g/mol. The van der Waals surface area contributed by atoms with Gasteiger partial charge in [-0.25, -0.2) is 0 Å². The Hall–Kier alpha value is -2.53. The fraction of sp³-hybridized carbons (Fsp3) is 0.350. The van der Waals surface area contributed by atoms with Crippen molar-refractivity contribution in [3.8, 4) is 5.75 Å². The number of aryl methyl sites for hydroxylation is 1. The molecule has 3 rings (SSSR count). The van der Waals surface area contributed by atoms with E-state index in [0.717, 1.165) is 43.2 Å². The molecule has 132 valence electrons. The van der Waals surface area contributed by atoms with Crippen LogP contribution in [0.5, 0.6) is 5.75 Å². The van der Waals surface area contributed by atoms with Gasteiger partial charge in [-0.2, -0.15) is 0 Å². The summed E-state index contributed by atoms with van der Waals surface area (Å²) in [5.74, 6) is 0.533. The summed E-state index contributed by atoms with van der Waals surface area (Å²) in [4.78, 5) is 14.6. The number of anilines is 2. The van der Waals surface area contributed by atoms with Crippen molar-refractivity contribution in [1.82, 2.24) is 0 Å². The average molecular weight is 340 g/mol. The number of carbonyl (C=O) groups excluding carboxylic acids is 1. The van der Waals surface area contributed by atoms with Crippen LogP contribution >= 0.6 is 0 Å². The van der Waals surface area contributed by atoms with E-state index in [2.05, 4.69) is 10.2 Å². The molecule has 25 heavy (non-hydrogen) atoms. The number of morpholine rings is 1. The zero-order chi connectivity index (χ0) is 17.6. The molecule has 0 unspecified atom stereocenters. The second kappa shape index (κ2) is 8.03. The number of amides is 1. The summed E-state index contributed by atoms with van der Waals surface area (Å²) in [7, 11) is 0. The van der Waals surface area contributed by atoms with Crippen molar-refractivity contribution in [3.63, 3.8) is 0 Å². The Labute approximate surface area is 148 Å². The Morgan fingerprint density at radius 1 is 1.16 bits per heavy atom. The minimum atomic E-state index is -0.569. The highest BCUT2D eigenvalue weighted by atomic mass is 16.5. The van der Waals surface area contributed by atoms with Gasteiger partial charge in [0.1, 0.15) is 5.75 Å². The lowest BCUT2D eigenvalue weighted by Gasteiger charge is -2.29. The maximum atomic E-state index is 12.3. The van der Waals surface area contributed by atoms with Gasteiger partial charge in [-0.05, 0) is 55.8 Å². The van der Waals surface area contributed by atoms with Crippen LogP contribution in [0.25, 0.3) is 0 Å². The van der Waals surface area contributed by atoms with Crippen LogP contribution in [0.15, 0.2) is 48.5 Å². The van der Waals surface area contributed by atoms with E-state index < -0.39 is 6.10 Å². The first kappa shape index (κ1) is 17.3. The molecule has 1 heterocycles. The number of rotatable bonds is 5. The first-order valence-corrected chi connectivity index (χ1v) is 8.59. The first-order valence-electron chi connectivity index (χ1n) is 8.59. The quantitative estimate of drug-likeness (QED) is 0.908. The molecule has 5 heteroatoms. The van der Waals surface area contributed by atoms with Crippen molar-refractivity contribution in [2.45, 2.75) is 20.0 Å². The molecule has 1 fully saturated rings. The van der Waals surface area contributed by atoms with Crippen LogP contribution in [0.3, 0.4) is 0 Å². The Bertz CT molecular complexity index is 709. The molecule has 2 aromatic carbocycles. The van der Waals surface area contributed by atoms with E-state index in [1.807, 2.05) is 55.5 Å². The molecule has 2 aromatic rings. The lowest BCUT2D eigenvalue weighted by atomic mass is 10.2. The molecule has 0 radical (unpaired) electrons. The number of ether oxygens (including phenoxy) is 2. The summed E-state index contributed by atoms with van der Waals surface area (Å²) in [6.45, 7) is 7.05. The van der Waals surface area contributed by atoms with Crippen LogP contribution in [-0.2, 0) is 9.53 Å².